The quantitative estimate of drug-likeness (QED) is 0.558. The van der Waals surface area contributed by atoms with Crippen molar-refractivity contribution in [1.29, 1.82) is 0 Å². The van der Waals surface area contributed by atoms with Crippen LogP contribution >= 0.6 is 23.2 Å². The zero-order valence-corrected chi connectivity index (χ0v) is 19.4. The molecule has 0 unspecified atom stereocenters. The summed E-state index contributed by atoms with van der Waals surface area (Å²) < 4.78 is 7.58. The Kier molecular flexibility index (Phi) is 6.04. The Morgan fingerprint density at radius 2 is 1.97 bits per heavy atom. The molecule has 1 amide bonds. The fraction of sp³-hybridized carbons (Fsp3) is 0.391. The number of hydrogen-bond donors (Lipinski definition) is 1. The molecule has 6 nitrogen and oxygen atoms in total. The number of carbonyl (C=O) groups is 1. The number of hydrogen-bond acceptors (Lipinski definition) is 4. The second-order valence-corrected chi connectivity index (χ2v) is 9.63. The largest absolute Gasteiger partial charge is 0.444 e. The van der Waals surface area contributed by atoms with Crippen LogP contribution in [0.15, 0.2) is 42.5 Å². The molecule has 3 aromatic rings. The molecule has 0 bridgehead atoms. The molecule has 8 heteroatoms. The zero-order valence-electron chi connectivity index (χ0n) is 17.9. The number of para-hydroxylation sites is 2. The third kappa shape index (κ3) is 5.08. The van der Waals surface area contributed by atoms with Crippen LogP contribution in [-0.4, -0.2) is 40.4 Å². The Bertz CT molecular complexity index is 1110. The highest BCUT2D eigenvalue weighted by molar-refractivity contribution is 6.42. The molecule has 0 spiro atoms. The number of nitrogens with one attached hydrogen (secondary N) is 1. The second-order valence-electron chi connectivity index (χ2n) is 8.81. The molecule has 4 rings (SSSR count). The molecule has 0 radical (unpaired) electrons. The van der Waals surface area contributed by atoms with Gasteiger partial charge in [-0.1, -0.05) is 41.4 Å². The van der Waals surface area contributed by atoms with Gasteiger partial charge in [-0.25, -0.2) is 9.78 Å². The Balaban J connectivity index is 1.57. The fourth-order valence-electron chi connectivity index (χ4n) is 3.81. The number of fused-ring (bicyclic) bond motifs is 1. The maximum absolute atomic E-state index is 12.2. The van der Waals surface area contributed by atoms with Crippen molar-refractivity contribution in [3.63, 3.8) is 0 Å². The van der Waals surface area contributed by atoms with Gasteiger partial charge >= 0.3 is 6.09 Å². The molecule has 1 aliphatic heterocycles. The highest BCUT2D eigenvalue weighted by Crippen LogP contribution is 2.29. The summed E-state index contributed by atoms with van der Waals surface area (Å²) in [5, 5.41) is 4.05. The van der Waals surface area contributed by atoms with Gasteiger partial charge in [-0.3, -0.25) is 0 Å². The molecule has 1 aliphatic rings. The van der Waals surface area contributed by atoms with Gasteiger partial charge in [0.25, 0.3) is 0 Å². The molecule has 1 saturated heterocycles. The fourth-order valence-corrected chi connectivity index (χ4v) is 4.14. The van der Waals surface area contributed by atoms with Gasteiger partial charge < -0.3 is 19.5 Å². The van der Waals surface area contributed by atoms with Crippen LogP contribution < -0.4 is 10.2 Å². The summed E-state index contributed by atoms with van der Waals surface area (Å²) >= 11 is 12.3. The molecule has 2 heterocycles. The number of anilines is 1. The van der Waals surface area contributed by atoms with Crippen LogP contribution in [0.25, 0.3) is 11.0 Å². The van der Waals surface area contributed by atoms with E-state index >= 15 is 0 Å². The lowest BCUT2D eigenvalue weighted by molar-refractivity contribution is 0.0509. The van der Waals surface area contributed by atoms with Crippen molar-refractivity contribution in [2.45, 2.75) is 45.4 Å². The van der Waals surface area contributed by atoms with Crippen LogP contribution in [0.2, 0.25) is 10.0 Å². The van der Waals surface area contributed by atoms with Crippen molar-refractivity contribution in [1.82, 2.24) is 14.9 Å². The van der Waals surface area contributed by atoms with Gasteiger partial charge in [-0.05, 0) is 57.0 Å². The maximum atomic E-state index is 12.2. The zero-order chi connectivity index (χ0) is 22.2. The van der Waals surface area contributed by atoms with E-state index in [1.807, 2.05) is 57.2 Å². The lowest BCUT2D eigenvalue weighted by Gasteiger charge is -2.22. The average molecular weight is 461 g/mol. The summed E-state index contributed by atoms with van der Waals surface area (Å²) in [7, 11) is 0. The van der Waals surface area contributed by atoms with Crippen LogP contribution in [-0.2, 0) is 11.3 Å². The van der Waals surface area contributed by atoms with E-state index in [1.54, 1.807) is 0 Å². The van der Waals surface area contributed by atoms with Crippen LogP contribution in [0.1, 0.15) is 32.8 Å². The van der Waals surface area contributed by atoms with Crippen molar-refractivity contribution in [2.75, 3.05) is 18.0 Å². The summed E-state index contributed by atoms with van der Waals surface area (Å²) in [6, 6.07) is 13.8. The predicted molar refractivity (Wildman–Crippen MR) is 125 cm³/mol. The molecule has 1 atom stereocenters. The highest BCUT2D eigenvalue weighted by atomic mass is 35.5. The SMILES string of the molecule is CC(C)(C)OC(=O)N[C@@H]1CCN(c2nc3ccccc3n2Cc2ccc(Cl)c(Cl)c2)C1. The maximum Gasteiger partial charge on any atom is 0.407 e. The summed E-state index contributed by atoms with van der Waals surface area (Å²) in [6.07, 6.45) is 0.443. The molecular formula is C23H26Cl2N4O2. The Morgan fingerprint density at radius 1 is 1.19 bits per heavy atom. The van der Waals surface area contributed by atoms with Gasteiger partial charge in [-0.2, -0.15) is 0 Å². The van der Waals surface area contributed by atoms with E-state index in [2.05, 4.69) is 20.9 Å². The minimum absolute atomic E-state index is 0.00749. The van der Waals surface area contributed by atoms with E-state index in [0.29, 0.717) is 23.1 Å². The number of amides is 1. The van der Waals surface area contributed by atoms with Gasteiger partial charge in [0.2, 0.25) is 5.95 Å². The van der Waals surface area contributed by atoms with Gasteiger partial charge in [0.15, 0.2) is 0 Å². The predicted octanol–water partition coefficient (Wildman–Crippen LogP) is 5.49. The number of nitrogens with zero attached hydrogens (tertiary/aromatic N) is 3. The molecule has 1 N–H and O–H groups in total. The number of carbonyl (C=O) groups excluding carboxylic acids is 1. The number of ether oxygens (including phenoxy) is 1. The third-order valence-electron chi connectivity index (χ3n) is 5.15. The van der Waals surface area contributed by atoms with Gasteiger partial charge in [0.1, 0.15) is 5.60 Å². The summed E-state index contributed by atoms with van der Waals surface area (Å²) in [4.78, 5) is 19.3. The number of alkyl carbamates (subject to hydrolysis) is 1. The van der Waals surface area contributed by atoms with Crippen molar-refractivity contribution in [2.24, 2.45) is 0 Å². The second kappa shape index (κ2) is 8.60. The molecule has 164 valence electrons. The molecule has 31 heavy (non-hydrogen) atoms. The van der Waals surface area contributed by atoms with E-state index in [-0.39, 0.29) is 12.1 Å². The van der Waals surface area contributed by atoms with Gasteiger partial charge in [0.05, 0.1) is 33.7 Å². The Morgan fingerprint density at radius 3 is 2.71 bits per heavy atom. The monoisotopic (exact) mass is 460 g/mol. The topological polar surface area (TPSA) is 59.4 Å². The average Bonchev–Trinajstić information content (AvgIpc) is 3.28. The first kappa shape index (κ1) is 21.8. The minimum atomic E-state index is -0.518. The third-order valence-corrected chi connectivity index (χ3v) is 5.89. The normalized spacial score (nSPS) is 16.7. The minimum Gasteiger partial charge on any atom is -0.444 e. The number of benzene rings is 2. The number of imidazole rings is 1. The smallest absolute Gasteiger partial charge is 0.407 e. The van der Waals surface area contributed by atoms with Crippen molar-refractivity contribution in [3.8, 4) is 0 Å². The van der Waals surface area contributed by atoms with Gasteiger partial charge in [0, 0.05) is 13.1 Å². The molecular weight excluding hydrogens is 435 g/mol. The Hall–Kier alpha value is -2.44. The highest BCUT2D eigenvalue weighted by Gasteiger charge is 2.29. The van der Waals surface area contributed by atoms with Crippen molar-refractivity contribution in [3.05, 3.63) is 58.1 Å². The van der Waals surface area contributed by atoms with E-state index in [4.69, 9.17) is 32.9 Å². The van der Waals surface area contributed by atoms with Crippen molar-refractivity contribution < 1.29 is 9.53 Å². The molecule has 0 saturated carbocycles. The molecule has 1 aromatic heterocycles. The number of rotatable bonds is 4. The number of aromatic nitrogens is 2. The summed E-state index contributed by atoms with van der Waals surface area (Å²) in [6.45, 7) is 7.67. The van der Waals surface area contributed by atoms with E-state index < -0.39 is 5.60 Å². The van der Waals surface area contributed by atoms with Crippen LogP contribution in [0.4, 0.5) is 10.7 Å². The lowest BCUT2D eigenvalue weighted by Crippen LogP contribution is -2.40. The first-order chi connectivity index (χ1) is 14.7. The standard InChI is InChI=1S/C23H26Cl2N4O2/c1-23(2,3)31-22(30)26-16-10-11-28(14-16)21-27-19-6-4-5-7-20(19)29(21)13-15-8-9-17(24)18(25)12-15/h4-9,12,16H,10-11,13-14H2,1-3H3,(H,26,30)/t16-/m1/s1. The summed E-state index contributed by atoms with van der Waals surface area (Å²) in [5.41, 5.74) is 2.51. The Labute approximate surface area is 192 Å². The molecule has 0 aliphatic carbocycles. The van der Waals surface area contributed by atoms with Crippen LogP contribution in [0.3, 0.4) is 0 Å². The van der Waals surface area contributed by atoms with Crippen LogP contribution in [0.5, 0.6) is 0 Å². The summed E-state index contributed by atoms with van der Waals surface area (Å²) in [5.74, 6) is 0.876. The number of halogens is 2. The van der Waals surface area contributed by atoms with Gasteiger partial charge in [-0.15, -0.1) is 0 Å². The molecule has 1 fully saturated rings. The van der Waals surface area contributed by atoms with Crippen LogP contribution in [0, 0.1) is 0 Å². The van der Waals surface area contributed by atoms with E-state index in [1.165, 1.54) is 0 Å². The molecule has 2 aromatic carbocycles. The van der Waals surface area contributed by atoms with Crippen molar-refractivity contribution >= 4 is 46.3 Å². The lowest BCUT2D eigenvalue weighted by atomic mass is 10.2. The van der Waals surface area contributed by atoms with E-state index in [9.17, 15) is 4.79 Å². The first-order valence-electron chi connectivity index (χ1n) is 10.3. The van der Waals surface area contributed by atoms with E-state index in [0.717, 1.165) is 35.5 Å². The first-order valence-corrected chi connectivity index (χ1v) is 11.1.